The van der Waals surface area contributed by atoms with Crippen LogP contribution in [-0.4, -0.2) is 6.03 Å². The summed E-state index contributed by atoms with van der Waals surface area (Å²) in [7, 11) is 0. The third-order valence-corrected chi connectivity index (χ3v) is 3.36. The zero-order valence-corrected chi connectivity index (χ0v) is 11.9. The van der Waals surface area contributed by atoms with Crippen LogP contribution >= 0.6 is 0 Å². The van der Waals surface area contributed by atoms with Crippen LogP contribution in [-0.2, 0) is 0 Å². The second-order valence-corrected chi connectivity index (χ2v) is 5.03. The van der Waals surface area contributed by atoms with Crippen LogP contribution in [0.5, 0.6) is 0 Å². The third kappa shape index (κ3) is 6.85. The van der Waals surface area contributed by atoms with Crippen molar-refractivity contribution >= 4 is 6.03 Å². The minimum absolute atomic E-state index is 0.0462. The van der Waals surface area contributed by atoms with Gasteiger partial charge in [-0.25, -0.2) is 4.79 Å². The molecule has 0 radical (unpaired) electrons. The number of benzene rings is 1. The number of carbonyl (C=O) groups is 1. The lowest BCUT2D eigenvalue weighted by atomic mass is 10.00. The first-order valence-electron chi connectivity index (χ1n) is 7.35. The van der Waals surface area contributed by atoms with Gasteiger partial charge in [0.15, 0.2) is 0 Å². The monoisotopic (exact) mass is 262 g/mol. The van der Waals surface area contributed by atoms with E-state index < -0.39 is 6.03 Å². The maximum absolute atomic E-state index is 11.1. The summed E-state index contributed by atoms with van der Waals surface area (Å²) in [5, 5.41) is 2.84. The van der Waals surface area contributed by atoms with Crippen molar-refractivity contribution in [3.63, 3.8) is 0 Å². The molecule has 19 heavy (non-hydrogen) atoms. The molecule has 1 atom stereocenters. The zero-order valence-electron chi connectivity index (χ0n) is 11.9. The van der Waals surface area contributed by atoms with E-state index in [0.29, 0.717) is 0 Å². The number of amides is 2. The number of nitrogens with two attached hydrogens (primary N) is 1. The van der Waals surface area contributed by atoms with Gasteiger partial charge in [0.1, 0.15) is 0 Å². The Balaban J connectivity index is 2.36. The van der Waals surface area contributed by atoms with Crippen molar-refractivity contribution in [2.45, 2.75) is 57.9 Å². The Morgan fingerprint density at radius 2 is 1.74 bits per heavy atom. The molecule has 1 rings (SSSR count). The van der Waals surface area contributed by atoms with Crippen molar-refractivity contribution in [1.82, 2.24) is 5.32 Å². The van der Waals surface area contributed by atoms with Crippen LogP contribution in [0.3, 0.4) is 0 Å². The fourth-order valence-electron chi connectivity index (χ4n) is 2.31. The molecule has 1 unspecified atom stereocenters. The highest BCUT2D eigenvalue weighted by Gasteiger charge is 2.11. The Hall–Kier alpha value is -1.51. The van der Waals surface area contributed by atoms with E-state index in [2.05, 4.69) is 12.2 Å². The predicted molar refractivity (Wildman–Crippen MR) is 79.9 cm³/mol. The fraction of sp³-hybridized carbons (Fsp3) is 0.562. The van der Waals surface area contributed by atoms with Crippen LogP contribution in [0, 0.1) is 0 Å². The SMILES string of the molecule is CCCCCCCCC(NC(N)=O)c1ccccc1. The van der Waals surface area contributed by atoms with Gasteiger partial charge in [-0.3, -0.25) is 0 Å². The Morgan fingerprint density at radius 1 is 1.11 bits per heavy atom. The number of nitrogens with one attached hydrogen (secondary N) is 1. The number of primary amides is 1. The van der Waals surface area contributed by atoms with E-state index in [4.69, 9.17) is 5.73 Å². The molecule has 3 nitrogen and oxygen atoms in total. The summed E-state index contributed by atoms with van der Waals surface area (Å²) >= 11 is 0. The van der Waals surface area contributed by atoms with Crippen LogP contribution in [0.25, 0.3) is 0 Å². The lowest BCUT2D eigenvalue weighted by molar-refractivity contribution is 0.244. The topological polar surface area (TPSA) is 55.1 Å². The van der Waals surface area contributed by atoms with Crippen molar-refractivity contribution < 1.29 is 4.79 Å². The number of unbranched alkanes of at least 4 members (excludes halogenated alkanes) is 5. The molecule has 0 saturated heterocycles. The average molecular weight is 262 g/mol. The Kier molecular flexibility index (Phi) is 7.71. The van der Waals surface area contributed by atoms with Crippen molar-refractivity contribution in [2.24, 2.45) is 5.73 Å². The van der Waals surface area contributed by atoms with Crippen molar-refractivity contribution in [3.05, 3.63) is 35.9 Å². The molecule has 0 aromatic heterocycles. The molecule has 0 bridgehead atoms. The first-order chi connectivity index (χ1) is 9.24. The number of carbonyl (C=O) groups excluding carboxylic acids is 1. The van der Waals surface area contributed by atoms with Crippen molar-refractivity contribution in [2.75, 3.05) is 0 Å². The van der Waals surface area contributed by atoms with Gasteiger partial charge in [-0.05, 0) is 12.0 Å². The van der Waals surface area contributed by atoms with E-state index in [1.54, 1.807) is 0 Å². The number of hydrogen-bond donors (Lipinski definition) is 2. The molecular formula is C16H26N2O. The Bertz CT molecular complexity index is 351. The molecule has 3 N–H and O–H groups in total. The fourth-order valence-corrected chi connectivity index (χ4v) is 2.31. The Labute approximate surface area is 116 Å². The van der Waals surface area contributed by atoms with Gasteiger partial charge in [0.05, 0.1) is 6.04 Å². The van der Waals surface area contributed by atoms with Crippen LogP contribution in [0.1, 0.15) is 63.5 Å². The van der Waals surface area contributed by atoms with E-state index in [-0.39, 0.29) is 6.04 Å². The molecule has 0 aliphatic heterocycles. The summed E-state index contributed by atoms with van der Waals surface area (Å²) in [5.74, 6) is 0. The molecule has 0 fully saturated rings. The lowest BCUT2D eigenvalue weighted by Crippen LogP contribution is -2.33. The highest BCUT2D eigenvalue weighted by molar-refractivity contribution is 5.72. The molecule has 1 aromatic carbocycles. The molecule has 0 aliphatic rings. The molecule has 1 aromatic rings. The van der Waals surface area contributed by atoms with Crippen LogP contribution < -0.4 is 11.1 Å². The molecular weight excluding hydrogens is 236 g/mol. The van der Waals surface area contributed by atoms with E-state index in [1.807, 2.05) is 30.3 Å². The molecule has 3 heteroatoms. The summed E-state index contributed by atoms with van der Waals surface area (Å²) in [6, 6.07) is 9.65. The molecule has 0 saturated carbocycles. The normalized spacial score (nSPS) is 12.1. The minimum atomic E-state index is -0.445. The van der Waals surface area contributed by atoms with Gasteiger partial charge in [-0.2, -0.15) is 0 Å². The van der Waals surface area contributed by atoms with E-state index >= 15 is 0 Å². The molecule has 106 valence electrons. The standard InChI is InChI=1S/C16H26N2O/c1-2-3-4-5-6-10-13-15(18-16(17)19)14-11-8-7-9-12-14/h7-9,11-12,15H,2-6,10,13H2,1H3,(H3,17,18,19). The summed E-state index contributed by atoms with van der Waals surface area (Å²) in [6.45, 7) is 2.22. The highest BCUT2D eigenvalue weighted by Crippen LogP contribution is 2.20. The van der Waals surface area contributed by atoms with Crippen molar-refractivity contribution in [1.29, 1.82) is 0 Å². The summed E-state index contributed by atoms with van der Waals surface area (Å²) < 4.78 is 0. The average Bonchev–Trinajstić information content (AvgIpc) is 2.42. The quantitative estimate of drug-likeness (QED) is 0.645. The minimum Gasteiger partial charge on any atom is -0.352 e. The van der Waals surface area contributed by atoms with Gasteiger partial charge in [-0.15, -0.1) is 0 Å². The van der Waals surface area contributed by atoms with Gasteiger partial charge in [0.25, 0.3) is 0 Å². The van der Waals surface area contributed by atoms with Gasteiger partial charge in [0, 0.05) is 0 Å². The van der Waals surface area contributed by atoms with Gasteiger partial charge in [-0.1, -0.05) is 75.8 Å². The van der Waals surface area contributed by atoms with Crippen molar-refractivity contribution in [3.8, 4) is 0 Å². The Morgan fingerprint density at radius 3 is 2.37 bits per heavy atom. The number of urea groups is 1. The zero-order chi connectivity index (χ0) is 13.9. The number of hydrogen-bond acceptors (Lipinski definition) is 1. The lowest BCUT2D eigenvalue weighted by Gasteiger charge is -2.17. The molecule has 0 spiro atoms. The van der Waals surface area contributed by atoms with Gasteiger partial charge < -0.3 is 11.1 Å². The molecule has 0 aliphatic carbocycles. The first kappa shape index (κ1) is 15.5. The van der Waals surface area contributed by atoms with Gasteiger partial charge in [0.2, 0.25) is 0 Å². The molecule has 0 heterocycles. The predicted octanol–water partition coefficient (Wildman–Crippen LogP) is 4.15. The highest BCUT2D eigenvalue weighted by atomic mass is 16.2. The summed E-state index contributed by atoms with van der Waals surface area (Å²) in [5.41, 5.74) is 6.38. The second kappa shape index (κ2) is 9.42. The maximum Gasteiger partial charge on any atom is 0.312 e. The first-order valence-corrected chi connectivity index (χ1v) is 7.35. The van der Waals surface area contributed by atoms with Crippen LogP contribution in [0.15, 0.2) is 30.3 Å². The summed E-state index contributed by atoms with van der Waals surface area (Å²) in [4.78, 5) is 11.1. The van der Waals surface area contributed by atoms with E-state index in [9.17, 15) is 4.79 Å². The van der Waals surface area contributed by atoms with E-state index in [0.717, 1.165) is 18.4 Å². The third-order valence-electron chi connectivity index (χ3n) is 3.36. The number of rotatable bonds is 9. The van der Waals surface area contributed by atoms with E-state index in [1.165, 1.54) is 32.1 Å². The largest absolute Gasteiger partial charge is 0.352 e. The van der Waals surface area contributed by atoms with Gasteiger partial charge >= 0.3 is 6.03 Å². The second-order valence-electron chi connectivity index (χ2n) is 5.03. The van der Waals surface area contributed by atoms with Crippen LogP contribution in [0.2, 0.25) is 0 Å². The maximum atomic E-state index is 11.1. The summed E-state index contributed by atoms with van der Waals surface area (Å²) in [6.07, 6.45) is 8.51. The molecule has 2 amide bonds. The van der Waals surface area contributed by atoms with Crippen LogP contribution in [0.4, 0.5) is 4.79 Å². The smallest absolute Gasteiger partial charge is 0.312 e.